The summed E-state index contributed by atoms with van der Waals surface area (Å²) >= 11 is 0. The van der Waals surface area contributed by atoms with Crippen molar-refractivity contribution in [2.75, 3.05) is 5.32 Å². The summed E-state index contributed by atoms with van der Waals surface area (Å²) in [7, 11) is 0. The summed E-state index contributed by atoms with van der Waals surface area (Å²) in [5.41, 5.74) is 5.95. The van der Waals surface area contributed by atoms with Crippen LogP contribution in [0.2, 0.25) is 0 Å². The van der Waals surface area contributed by atoms with E-state index in [1.165, 1.54) is 17.7 Å². The summed E-state index contributed by atoms with van der Waals surface area (Å²) in [6.07, 6.45) is 4.17. The SMILES string of the molecule is O=C(O)c1ccc(NC(=O)c2ccc3c(c2)C(c2ccccc2)=CCC3)cc1. The van der Waals surface area contributed by atoms with Crippen molar-refractivity contribution in [3.63, 3.8) is 0 Å². The molecule has 28 heavy (non-hydrogen) atoms. The monoisotopic (exact) mass is 369 g/mol. The Kier molecular flexibility index (Phi) is 4.77. The fourth-order valence-corrected chi connectivity index (χ4v) is 3.46. The predicted molar refractivity (Wildman–Crippen MR) is 110 cm³/mol. The number of allylic oxidation sites excluding steroid dienone is 1. The zero-order chi connectivity index (χ0) is 19.5. The topological polar surface area (TPSA) is 66.4 Å². The number of hydrogen-bond donors (Lipinski definition) is 2. The minimum absolute atomic E-state index is 0.185. The summed E-state index contributed by atoms with van der Waals surface area (Å²) in [6, 6.07) is 22.1. The standard InChI is InChI=1S/C24H19NO3/c26-23(25-20-13-11-18(12-14-20)24(27)28)19-10-9-17-7-4-8-21(22(17)15-19)16-5-2-1-3-6-16/h1-3,5-6,8-15H,4,7H2,(H,25,26)(H,27,28). The van der Waals surface area contributed by atoms with E-state index >= 15 is 0 Å². The zero-order valence-electron chi connectivity index (χ0n) is 15.2. The van der Waals surface area contributed by atoms with Crippen LogP contribution < -0.4 is 5.32 Å². The average Bonchev–Trinajstić information content (AvgIpc) is 2.74. The number of carbonyl (C=O) groups excluding carboxylic acids is 1. The first-order chi connectivity index (χ1) is 13.6. The predicted octanol–water partition coefficient (Wildman–Crippen LogP) is 5.02. The number of nitrogens with one attached hydrogen (secondary N) is 1. The second kappa shape index (κ2) is 7.53. The van der Waals surface area contributed by atoms with Crippen LogP contribution in [-0.4, -0.2) is 17.0 Å². The fraction of sp³-hybridized carbons (Fsp3) is 0.0833. The molecule has 0 saturated heterocycles. The molecule has 0 radical (unpaired) electrons. The molecule has 1 amide bonds. The largest absolute Gasteiger partial charge is 0.478 e. The van der Waals surface area contributed by atoms with Gasteiger partial charge >= 0.3 is 5.97 Å². The number of aryl methyl sites for hydroxylation is 1. The highest BCUT2D eigenvalue weighted by atomic mass is 16.4. The molecule has 1 aliphatic carbocycles. The number of amides is 1. The average molecular weight is 369 g/mol. The highest BCUT2D eigenvalue weighted by Gasteiger charge is 2.17. The third-order valence-corrected chi connectivity index (χ3v) is 4.90. The van der Waals surface area contributed by atoms with Crippen molar-refractivity contribution >= 4 is 23.1 Å². The lowest BCUT2D eigenvalue weighted by molar-refractivity contribution is 0.0696. The first-order valence-electron chi connectivity index (χ1n) is 9.15. The maximum atomic E-state index is 12.7. The van der Waals surface area contributed by atoms with Crippen molar-refractivity contribution in [1.82, 2.24) is 0 Å². The molecular weight excluding hydrogens is 350 g/mol. The maximum Gasteiger partial charge on any atom is 0.335 e. The number of carboxylic acids is 1. The molecule has 2 N–H and O–H groups in total. The normalized spacial score (nSPS) is 12.6. The van der Waals surface area contributed by atoms with Gasteiger partial charge in [0.15, 0.2) is 0 Å². The van der Waals surface area contributed by atoms with Gasteiger partial charge in [-0.1, -0.05) is 42.5 Å². The molecular formula is C24H19NO3. The van der Waals surface area contributed by atoms with Gasteiger partial charge in [0, 0.05) is 11.3 Å². The van der Waals surface area contributed by atoms with E-state index in [-0.39, 0.29) is 11.5 Å². The minimum Gasteiger partial charge on any atom is -0.478 e. The summed E-state index contributed by atoms with van der Waals surface area (Å²) in [5.74, 6) is -1.21. The van der Waals surface area contributed by atoms with Crippen LogP contribution in [0, 0.1) is 0 Å². The highest BCUT2D eigenvalue weighted by molar-refractivity contribution is 6.05. The first kappa shape index (κ1) is 17.7. The quantitative estimate of drug-likeness (QED) is 0.679. The molecule has 4 nitrogen and oxygen atoms in total. The Labute approximate surface area is 163 Å². The molecule has 4 rings (SSSR count). The van der Waals surface area contributed by atoms with Gasteiger partial charge in [0.05, 0.1) is 5.56 Å². The second-order valence-corrected chi connectivity index (χ2v) is 6.73. The van der Waals surface area contributed by atoms with Gasteiger partial charge in [-0.25, -0.2) is 4.79 Å². The van der Waals surface area contributed by atoms with E-state index < -0.39 is 5.97 Å². The van der Waals surface area contributed by atoms with Crippen molar-refractivity contribution in [2.24, 2.45) is 0 Å². The highest BCUT2D eigenvalue weighted by Crippen LogP contribution is 2.32. The van der Waals surface area contributed by atoms with Gasteiger partial charge < -0.3 is 10.4 Å². The van der Waals surface area contributed by atoms with E-state index in [0.717, 1.165) is 29.5 Å². The van der Waals surface area contributed by atoms with E-state index in [1.807, 2.05) is 36.4 Å². The third-order valence-electron chi connectivity index (χ3n) is 4.90. The molecule has 0 fully saturated rings. The van der Waals surface area contributed by atoms with Crippen LogP contribution in [0.1, 0.15) is 43.8 Å². The Morgan fingerprint density at radius 1 is 0.857 bits per heavy atom. The third kappa shape index (κ3) is 3.58. The Morgan fingerprint density at radius 2 is 1.57 bits per heavy atom. The van der Waals surface area contributed by atoms with Crippen molar-refractivity contribution in [3.8, 4) is 0 Å². The minimum atomic E-state index is -0.993. The molecule has 3 aromatic carbocycles. The number of anilines is 1. The molecule has 0 bridgehead atoms. The molecule has 0 aromatic heterocycles. The summed E-state index contributed by atoms with van der Waals surface area (Å²) < 4.78 is 0. The molecule has 4 heteroatoms. The van der Waals surface area contributed by atoms with E-state index in [0.29, 0.717) is 11.3 Å². The van der Waals surface area contributed by atoms with E-state index in [4.69, 9.17) is 5.11 Å². The summed E-state index contributed by atoms with van der Waals surface area (Å²) in [4.78, 5) is 23.7. The Morgan fingerprint density at radius 3 is 2.29 bits per heavy atom. The zero-order valence-corrected chi connectivity index (χ0v) is 15.2. The van der Waals surface area contributed by atoms with Gasteiger partial charge in [0.25, 0.3) is 5.91 Å². The Bertz CT molecular complexity index is 1070. The number of rotatable bonds is 4. The summed E-state index contributed by atoms with van der Waals surface area (Å²) in [5, 5.41) is 11.8. The lowest BCUT2D eigenvalue weighted by Gasteiger charge is -2.19. The van der Waals surface area contributed by atoms with Crippen LogP contribution in [0.25, 0.3) is 5.57 Å². The van der Waals surface area contributed by atoms with Crippen molar-refractivity contribution in [3.05, 3.63) is 107 Å². The number of carbonyl (C=O) groups is 2. The van der Waals surface area contributed by atoms with Crippen LogP contribution >= 0.6 is 0 Å². The van der Waals surface area contributed by atoms with Gasteiger partial charge in [-0.2, -0.15) is 0 Å². The number of aromatic carboxylic acids is 1. The molecule has 0 spiro atoms. The number of carboxylic acid groups (broad SMARTS) is 1. The molecule has 1 aliphatic rings. The Hall–Kier alpha value is -3.66. The fourth-order valence-electron chi connectivity index (χ4n) is 3.46. The molecule has 3 aromatic rings. The second-order valence-electron chi connectivity index (χ2n) is 6.73. The van der Waals surface area contributed by atoms with Crippen molar-refractivity contribution < 1.29 is 14.7 Å². The molecule has 0 atom stereocenters. The van der Waals surface area contributed by atoms with Gasteiger partial charge in [0.1, 0.15) is 0 Å². The molecule has 0 aliphatic heterocycles. The van der Waals surface area contributed by atoms with Gasteiger partial charge in [-0.3, -0.25) is 4.79 Å². The molecule has 138 valence electrons. The molecule has 0 heterocycles. The molecule has 0 saturated carbocycles. The van der Waals surface area contributed by atoms with Crippen LogP contribution in [0.3, 0.4) is 0 Å². The Balaban J connectivity index is 1.60. The van der Waals surface area contributed by atoms with Gasteiger partial charge in [0.2, 0.25) is 0 Å². The van der Waals surface area contributed by atoms with Gasteiger partial charge in [-0.15, -0.1) is 0 Å². The number of fused-ring (bicyclic) bond motifs is 1. The molecule has 0 unspecified atom stereocenters. The number of benzene rings is 3. The lowest BCUT2D eigenvalue weighted by atomic mass is 9.86. The van der Waals surface area contributed by atoms with Gasteiger partial charge in [-0.05, 0) is 71.5 Å². The number of hydrogen-bond acceptors (Lipinski definition) is 2. The van der Waals surface area contributed by atoms with Crippen molar-refractivity contribution in [1.29, 1.82) is 0 Å². The van der Waals surface area contributed by atoms with Crippen molar-refractivity contribution in [2.45, 2.75) is 12.8 Å². The first-order valence-corrected chi connectivity index (χ1v) is 9.15. The van der Waals surface area contributed by atoms with Crippen LogP contribution in [0.5, 0.6) is 0 Å². The lowest BCUT2D eigenvalue weighted by Crippen LogP contribution is -2.13. The summed E-state index contributed by atoms with van der Waals surface area (Å²) in [6.45, 7) is 0. The van der Waals surface area contributed by atoms with E-state index in [2.05, 4.69) is 23.5 Å². The maximum absolute atomic E-state index is 12.7. The van der Waals surface area contributed by atoms with Crippen LogP contribution in [0.15, 0.2) is 78.9 Å². The smallest absolute Gasteiger partial charge is 0.335 e. The van der Waals surface area contributed by atoms with E-state index in [1.54, 1.807) is 12.1 Å². The van der Waals surface area contributed by atoms with E-state index in [9.17, 15) is 9.59 Å². The van der Waals surface area contributed by atoms with Crippen LogP contribution in [0.4, 0.5) is 5.69 Å². The van der Waals surface area contributed by atoms with Crippen LogP contribution in [-0.2, 0) is 6.42 Å².